The zero-order chi connectivity index (χ0) is 24.1. The topological polar surface area (TPSA) is 96.5 Å². The third-order valence-electron chi connectivity index (χ3n) is 5.64. The van der Waals surface area contributed by atoms with Gasteiger partial charge in [0.05, 0.1) is 16.1 Å². The maximum atomic E-state index is 12.8. The first-order chi connectivity index (χ1) is 16.5. The third-order valence-corrected chi connectivity index (χ3v) is 5.94. The number of nitrogens with zero attached hydrogens (tertiary/aromatic N) is 2. The van der Waals surface area contributed by atoms with Crippen LogP contribution in [0, 0.1) is 0 Å². The highest BCUT2D eigenvalue weighted by atomic mass is 35.5. The Balaban J connectivity index is 1.65. The lowest BCUT2D eigenvalue weighted by Gasteiger charge is -2.09. The lowest BCUT2D eigenvalue weighted by atomic mass is 9.95. The van der Waals surface area contributed by atoms with Gasteiger partial charge in [0.15, 0.2) is 17.2 Å². The minimum Gasteiger partial charge on any atom is -0.507 e. The van der Waals surface area contributed by atoms with Gasteiger partial charge in [-0.05, 0) is 54.5 Å². The SMILES string of the molecule is CCCC(=O)c1noc(-c2cc(Cl)c(O)cc2O)c1-c1ccc(CCCc2cccnc2)cc1. The quantitative estimate of drug-likeness (QED) is 0.263. The fourth-order valence-electron chi connectivity index (χ4n) is 3.89. The van der Waals surface area contributed by atoms with Crippen molar-refractivity contribution in [2.24, 2.45) is 0 Å². The molecule has 2 N–H and O–H groups in total. The molecule has 0 spiro atoms. The molecule has 6 nitrogen and oxygen atoms in total. The van der Waals surface area contributed by atoms with Crippen molar-refractivity contribution in [1.82, 2.24) is 10.1 Å². The minimum atomic E-state index is -0.248. The first-order valence-electron chi connectivity index (χ1n) is 11.2. The van der Waals surface area contributed by atoms with Crippen molar-refractivity contribution < 1.29 is 19.5 Å². The molecule has 0 unspecified atom stereocenters. The molecule has 2 aromatic heterocycles. The number of hydrogen-bond donors (Lipinski definition) is 2. The van der Waals surface area contributed by atoms with E-state index < -0.39 is 0 Å². The summed E-state index contributed by atoms with van der Waals surface area (Å²) in [5.74, 6) is -0.386. The van der Waals surface area contributed by atoms with Gasteiger partial charge in [-0.15, -0.1) is 0 Å². The summed E-state index contributed by atoms with van der Waals surface area (Å²) in [5, 5.41) is 24.3. The second kappa shape index (κ2) is 10.5. The predicted molar refractivity (Wildman–Crippen MR) is 131 cm³/mol. The molecule has 0 amide bonds. The summed E-state index contributed by atoms with van der Waals surface area (Å²) < 4.78 is 5.55. The number of aromatic hydroxyl groups is 2. The zero-order valence-corrected chi connectivity index (χ0v) is 19.5. The van der Waals surface area contributed by atoms with Crippen LogP contribution >= 0.6 is 11.6 Å². The van der Waals surface area contributed by atoms with Crippen LogP contribution in [0.25, 0.3) is 22.5 Å². The molecule has 0 saturated carbocycles. The Morgan fingerprint density at radius 2 is 1.79 bits per heavy atom. The summed E-state index contributed by atoms with van der Waals surface area (Å²) in [6, 6.07) is 14.5. The van der Waals surface area contributed by atoms with Gasteiger partial charge in [0, 0.05) is 24.9 Å². The summed E-state index contributed by atoms with van der Waals surface area (Å²) in [6.07, 6.45) is 7.50. The van der Waals surface area contributed by atoms with Crippen molar-refractivity contribution in [2.45, 2.75) is 39.0 Å². The molecule has 0 aliphatic carbocycles. The van der Waals surface area contributed by atoms with E-state index in [0.29, 0.717) is 18.4 Å². The molecule has 0 fully saturated rings. The van der Waals surface area contributed by atoms with Gasteiger partial charge in [-0.2, -0.15) is 0 Å². The highest BCUT2D eigenvalue weighted by molar-refractivity contribution is 6.32. The van der Waals surface area contributed by atoms with Crippen molar-refractivity contribution in [3.63, 3.8) is 0 Å². The molecule has 0 atom stereocenters. The van der Waals surface area contributed by atoms with E-state index in [-0.39, 0.29) is 39.3 Å². The van der Waals surface area contributed by atoms with Gasteiger partial charge in [-0.25, -0.2) is 0 Å². The number of rotatable bonds is 9. The normalized spacial score (nSPS) is 11.0. The largest absolute Gasteiger partial charge is 0.507 e. The van der Waals surface area contributed by atoms with Crippen molar-refractivity contribution in [1.29, 1.82) is 0 Å². The van der Waals surface area contributed by atoms with Crippen LogP contribution in [0.1, 0.15) is 47.8 Å². The van der Waals surface area contributed by atoms with E-state index in [1.165, 1.54) is 17.2 Å². The number of carbonyl (C=O) groups is 1. The van der Waals surface area contributed by atoms with Gasteiger partial charge in [0.2, 0.25) is 0 Å². The molecule has 0 aliphatic rings. The van der Waals surface area contributed by atoms with E-state index in [9.17, 15) is 15.0 Å². The number of aryl methyl sites for hydroxylation is 2. The Bertz CT molecular complexity index is 1280. The van der Waals surface area contributed by atoms with Gasteiger partial charge in [-0.1, -0.05) is 54.0 Å². The smallest absolute Gasteiger partial charge is 0.185 e. The van der Waals surface area contributed by atoms with Crippen LogP contribution in [0.4, 0.5) is 0 Å². The molecule has 2 aromatic carbocycles. The van der Waals surface area contributed by atoms with E-state index in [4.69, 9.17) is 16.1 Å². The van der Waals surface area contributed by atoms with E-state index >= 15 is 0 Å². The van der Waals surface area contributed by atoms with Crippen molar-refractivity contribution in [2.75, 3.05) is 0 Å². The lowest BCUT2D eigenvalue weighted by Crippen LogP contribution is -2.01. The summed E-state index contributed by atoms with van der Waals surface area (Å²) in [7, 11) is 0. The molecule has 4 rings (SSSR count). The van der Waals surface area contributed by atoms with Crippen molar-refractivity contribution in [3.05, 3.63) is 82.8 Å². The third kappa shape index (κ3) is 5.13. The van der Waals surface area contributed by atoms with Gasteiger partial charge < -0.3 is 14.7 Å². The molecule has 174 valence electrons. The first-order valence-corrected chi connectivity index (χ1v) is 11.6. The van der Waals surface area contributed by atoms with Gasteiger partial charge in [0.25, 0.3) is 0 Å². The van der Waals surface area contributed by atoms with Crippen LogP contribution in [0.2, 0.25) is 5.02 Å². The van der Waals surface area contributed by atoms with Crippen LogP contribution in [-0.4, -0.2) is 26.1 Å². The number of phenolic OH excluding ortho intramolecular Hbond substituents is 2. The molecule has 4 aromatic rings. The number of pyridine rings is 1. The molecule has 0 saturated heterocycles. The molecule has 34 heavy (non-hydrogen) atoms. The standard InChI is InChI=1S/C27H25ClN2O4/c1-2-5-22(31)26-25(27(34-30-26)20-14-21(28)24(33)15-23(20)32)19-11-9-17(10-12-19)6-3-7-18-8-4-13-29-16-18/h4,8-16,32-33H,2-3,5-7H2,1H3. The molecule has 0 bridgehead atoms. The number of aromatic nitrogens is 2. The van der Waals surface area contributed by atoms with E-state index in [2.05, 4.69) is 16.2 Å². The first kappa shape index (κ1) is 23.5. The van der Waals surface area contributed by atoms with Gasteiger partial charge in [-0.3, -0.25) is 9.78 Å². The van der Waals surface area contributed by atoms with Crippen LogP contribution in [0.5, 0.6) is 11.5 Å². The Morgan fingerprint density at radius 3 is 2.50 bits per heavy atom. The average Bonchev–Trinajstić information content (AvgIpc) is 3.28. The fourth-order valence-corrected chi connectivity index (χ4v) is 4.05. The highest BCUT2D eigenvalue weighted by Gasteiger charge is 2.26. The summed E-state index contributed by atoms with van der Waals surface area (Å²) in [4.78, 5) is 16.9. The molecular formula is C27H25ClN2O4. The fraction of sp³-hybridized carbons (Fsp3) is 0.222. The molecule has 7 heteroatoms. The van der Waals surface area contributed by atoms with E-state index in [1.54, 1.807) is 6.20 Å². The van der Waals surface area contributed by atoms with Crippen molar-refractivity contribution in [3.8, 4) is 33.9 Å². The van der Waals surface area contributed by atoms with E-state index in [1.807, 2.05) is 43.5 Å². The van der Waals surface area contributed by atoms with Crippen LogP contribution < -0.4 is 0 Å². The lowest BCUT2D eigenvalue weighted by molar-refractivity contribution is 0.0973. The number of ketones is 1. The number of Topliss-reactive ketones (excluding diaryl/α,β-unsaturated/α-hetero) is 1. The Hall–Kier alpha value is -3.64. The van der Waals surface area contributed by atoms with Crippen LogP contribution in [-0.2, 0) is 12.8 Å². The number of phenols is 2. The summed E-state index contributed by atoms with van der Waals surface area (Å²) in [5.41, 5.74) is 4.08. The molecule has 2 heterocycles. The second-order valence-electron chi connectivity index (χ2n) is 8.14. The number of halogens is 1. The van der Waals surface area contributed by atoms with E-state index in [0.717, 1.165) is 30.9 Å². The van der Waals surface area contributed by atoms with Gasteiger partial charge in [0.1, 0.15) is 11.5 Å². The maximum absolute atomic E-state index is 12.8. The molecule has 0 radical (unpaired) electrons. The van der Waals surface area contributed by atoms with Gasteiger partial charge >= 0.3 is 0 Å². The predicted octanol–water partition coefficient (Wildman–Crippen LogP) is 6.63. The molecule has 0 aliphatic heterocycles. The van der Waals surface area contributed by atoms with Crippen molar-refractivity contribution >= 4 is 17.4 Å². The van der Waals surface area contributed by atoms with Crippen LogP contribution in [0.15, 0.2) is 65.4 Å². The van der Waals surface area contributed by atoms with Crippen LogP contribution in [0.3, 0.4) is 0 Å². The maximum Gasteiger partial charge on any atom is 0.185 e. The minimum absolute atomic E-state index is 0.0561. The number of benzene rings is 2. The Morgan fingerprint density at radius 1 is 1.03 bits per heavy atom. The highest BCUT2D eigenvalue weighted by Crippen LogP contribution is 2.43. The number of carbonyl (C=O) groups excluding carboxylic acids is 1. The summed E-state index contributed by atoms with van der Waals surface area (Å²) >= 11 is 6.07. The Labute approximate surface area is 202 Å². The zero-order valence-electron chi connectivity index (χ0n) is 18.8. The molecular weight excluding hydrogens is 452 g/mol. The summed E-state index contributed by atoms with van der Waals surface area (Å²) in [6.45, 7) is 1.92. The second-order valence-corrected chi connectivity index (χ2v) is 8.55. The Kier molecular flexibility index (Phi) is 7.28. The monoisotopic (exact) mass is 476 g/mol. The average molecular weight is 477 g/mol. The number of hydrogen-bond acceptors (Lipinski definition) is 6.